The quantitative estimate of drug-likeness (QED) is 0.760. The maximum Gasteiger partial charge on any atom is 0.159 e. The molecule has 1 aromatic heterocycles. The van der Waals surface area contributed by atoms with E-state index >= 15 is 0 Å². The number of nitrogens with two attached hydrogens (primary N) is 1. The first-order chi connectivity index (χ1) is 9.58. The van der Waals surface area contributed by atoms with E-state index in [-0.39, 0.29) is 0 Å². The Hall–Kier alpha value is -1.24. The minimum atomic E-state index is 0.516. The van der Waals surface area contributed by atoms with Gasteiger partial charge in [0.25, 0.3) is 0 Å². The Morgan fingerprint density at radius 2 is 2.15 bits per heavy atom. The molecule has 0 saturated heterocycles. The number of H-pyrrole nitrogens is 1. The molecule has 2 aromatic rings. The van der Waals surface area contributed by atoms with Crippen LogP contribution in [0.4, 0.5) is 5.82 Å². The summed E-state index contributed by atoms with van der Waals surface area (Å²) in [5.41, 5.74) is 9.09. The summed E-state index contributed by atoms with van der Waals surface area (Å²) in [6.45, 7) is 7.04. The van der Waals surface area contributed by atoms with Gasteiger partial charge in [-0.1, -0.05) is 19.9 Å². The molecule has 0 saturated carbocycles. The number of aromatic amines is 1. The lowest BCUT2D eigenvalue weighted by molar-refractivity contribution is 0.341. The van der Waals surface area contributed by atoms with Gasteiger partial charge in [-0.25, -0.2) is 0 Å². The van der Waals surface area contributed by atoms with E-state index in [0.717, 1.165) is 27.0 Å². The van der Waals surface area contributed by atoms with Gasteiger partial charge in [-0.15, -0.1) is 0 Å². The van der Waals surface area contributed by atoms with Crippen molar-refractivity contribution < 1.29 is 4.74 Å². The monoisotopic (exact) mass is 385 g/mol. The largest absolute Gasteiger partial charge is 0.493 e. The first-order valence-electron chi connectivity index (χ1n) is 6.84. The number of aromatic nitrogens is 2. The van der Waals surface area contributed by atoms with E-state index < -0.39 is 0 Å². The van der Waals surface area contributed by atoms with Crippen LogP contribution in [-0.4, -0.2) is 16.8 Å². The minimum absolute atomic E-state index is 0.516. The Bertz CT molecular complexity index is 595. The Morgan fingerprint density at radius 1 is 1.40 bits per heavy atom. The second-order valence-electron chi connectivity index (χ2n) is 4.80. The van der Waals surface area contributed by atoms with Crippen molar-refractivity contribution in [2.24, 2.45) is 0 Å². The van der Waals surface area contributed by atoms with Gasteiger partial charge in [0, 0.05) is 5.56 Å². The molecule has 0 aliphatic rings. The first-order valence-corrected chi connectivity index (χ1v) is 7.92. The maximum absolute atomic E-state index is 5.84. The standard InChI is InChI=1S/C15H20IN3O/c1-4-9(3)10-6-7-12(20-5-2)11(8-10)14-13(16)15(17)19-18-14/h6-9H,4-5H2,1-3H3,(H3,17,18,19). The third-order valence-electron chi connectivity index (χ3n) is 3.49. The molecule has 0 spiro atoms. The van der Waals surface area contributed by atoms with Crippen molar-refractivity contribution in [1.29, 1.82) is 0 Å². The Kier molecular flexibility index (Phi) is 4.91. The van der Waals surface area contributed by atoms with E-state index in [1.807, 2.05) is 13.0 Å². The van der Waals surface area contributed by atoms with Crippen molar-refractivity contribution >= 4 is 28.4 Å². The lowest BCUT2D eigenvalue weighted by Crippen LogP contribution is -1.98. The highest BCUT2D eigenvalue weighted by Gasteiger charge is 2.16. The molecule has 0 aliphatic heterocycles. The molecule has 0 radical (unpaired) electrons. The fraction of sp³-hybridized carbons (Fsp3) is 0.400. The summed E-state index contributed by atoms with van der Waals surface area (Å²) in [5, 5.41) is 7.09. The summed E-state index contributed by atoms with van der Waals surface area (Å²) in [6, 6.07) is 6.34. The van der Waals surface area contributed by atoms with Crippen molar-refractivity contribution in [3.8, 4) is 17.0 Å². The highest BCUT2D eigenvalue weighted by atomic mass is 127. The van der Waals surface area contributed by atoms with Gasteiger partial charge in [-0.2, -0.15) is 5.10 Å². The van der Waals surface area contributed by atoms with Crippen LogP contribution in [0.2, 0.25) is 0 Å². The first kappa shape index (κ1) is 15.2. The molecule has 2 rings (SSSR count). The zero-order valence-corrected chi connectivity index (χ0v) is 14.2. The minimum Gasteiger partial charge on any atom is -0.493 e. The molecule has 0 amide bonds. The van der Waals surface area contributed by atoms with Gasteiger partial charge in [0.05, 0.1) is 15.9 Å². The average Bonchev–Trinajstić information content (AvgIpc) is 2.79. The van der Waals surface area contributed by atoms with Crippen molar-refractivity contribution in [2.75, 3.05) is 12.3 Å². The molecule has 5 heteroatoms. The summed E-state index contributed by atoms with van der Waals surface area (Å²) >= 11 is 2.21. The van der Waals surface area contributed by atoms with Crippen LogP contribution in [0.15, 0.2) is 18.2 Å². The normalized spacial score (nSPS) is 12.4. The summed E-state index contributed by atoms with van der Waals surface area (Å²) in [5.74, 6) is 1.90. The lowest BCUT2D eigenvalue weighted by atomic mass is 9.95. The fourth-order valence-corrected chi connectivity index (χ4v) is 2.62. The zero-order valence-electron chi connectivity index (χ0n) is 12.0. The molecular weight excluding hydrogens is 365 g/mol. The summed E-state index contributed by atoms with van der Waals surface area (Å²) in [6.07, 6.45) is 1.11. The fourth-order valence-electron chi connectivity index (χ4n) is 2.09. The predicted octanol–water partition coefficient (Wildman–Crippen LogP) is 4.18. The molecular formula is C15H20IN3O. The van der Waals surface area contributed by atoms with Gasteiger partial charge in [-0.3, -0.25) is 5.10 Å². The molecule has 20 heavy (non-hydrogen) atoms. The Balaban J connectivity index is 2.54. The molecule has 1 heterocycles. The number of benzene rings is 1. The number of hydrogen-bond acceptors (Lipinski definition) is 3. The SMILES string of the molecule is CCOc1ccc(C(C)CC)cc1-c1[nH]nc(N)c1I. The number of ether oxygens (including phenoxy) is 1. The van der Waals surface area contributed by atoms with E-state index in [9.17, 15) is 0 Å². The maximum atomic E-state index is 5.84. The van der Waals surface area contributed by atoms with Crippen molar-refractivity contribution in [2.45, 2.75) is 33.1 Å². The van der Waals surface area contributed by atoms with Crippen molar-refractivity contribution in [3.05, 3.63) is 27.3 Å². The summed E-state index contributed by atoms with van der Waals surface area (Å²) in [7, 11) is 0. The van der Waals surface area contributed by atoms with Crippen LogP contribution in [0.25, 0.3) is 11.3 Å². The van der Waals surface area contributed by atoms with Crippen molar-refractivity contribution in [3.63, 3.8) is 0 Å². The molecule has 4 nitrogen and oxygen atoms in total. The van der Waals surface area contributed by atoms with Crippen LogP contribution in [0, 0.1) is 3.57 Å². The van der Waals surface area contributed by atoms with E-state index in [1.54, 1.807) is 0 Å². The van der Waals surface area contributed by atoms with Crippen LogP contribution in [-0.2, 0) is 0 Å². The molecule has 0 bridgehead atoms. The van der Waals surface area contributed by atoms with Crippen LogP contribution in [0.3, 0.4) is 0 Å². The number of nitrogens with one attached hydrogen (secondary N) is 1. The third-order valence-corrected chi connectivity index (χ3v) is 4.58. The van der Waals surface area contributed by atoms with Crippen LogP contribution >= 0.6 is 22.6 Å². The van der Waals surface area contributed by atoms with Crippen LogP contribution < -0.4 is 10.5 Å². The highest BCUT2D eigenvalue weighted by molar-refractivity contribution is 14.1. The van der Waals surface area contributed by atoms with Gasteiger partial charge in [0.2, 0.25) is 0 Å². The second-order valence-corrected chi connectivity index (χ2v) is 5.87. The number of halogens is 1. The number of anilines is 1. The van der Waals surface area contributed by atoms with E-state index in [1.165, 1.54) is 5.56 Å². The summed E-state index contributed by atoms with van der Waals surface area (Å²) in [4.78, 5) is 0. The predicted molar refractivity (Wildman–Crippen MR) is 91.0 cm³/mol. The Morgan fingerprint density at radius 3 is 2.70 bits per heavy atom. The molecule has 1 unspecified atom stereocenters. The smallest absolute Gasteiger partial charge is 0.159 e. The van der Waals surface area contributed by atoms with Gasteiger partial charge in [-0.05, 0) is 59.5 Å². The molecule has 1 atom stereocenters. The van der Waals surface area contributed by atoms with E-state index in [0.29, 0.717) is 18.3 Å². The second kappa shape index (κ2) is 6.47. The molecule has 0 fully saturated rings. The van der Waals surface area contributed by atoms with Crippen molar-refractivity contribution in [1.82, 2.24) is 10.2 Å². The number of rotatable bonds is 5. The Labute approximate surface area is 133 Å². The molecule has 108 valence electrons. The highest BCUT2D eigenvalue weighted by Crippen LogP contribution is 2.36. The molecule has 1 aromatic carbocycles. The molecule has 0 aliphatic carbocycles. The number of hydrogen-bond donors (Lipinski definition) is 2. The average molecular weight is 385 g/mol. The van der Waals surface area contributed by atoms with Gasteiger partial charge in [0.1, 0.15) is 5.75 Å². The summed E-state index contributed by atoms with van der Waals surface area (Å²) < 4.78 is 6.67. The van der Waals surface area contributed by atoms with Crippen LogP contribution in [0.1, 0.15) is 38.7 Å². The third kappa shape index (κ3) is 2.92. The van der Waals surface area contributed by atoms with Gasteiger partial charge >= 0.3 is 0 Å². The lowest BCUT2D eigenvalue weighted by Gasteiger charge is -2.14. The van der Waals surface area contributed by atoms with E-state index in [2.05, 4.69) is 58.8 Å². The molecule has 3 N–H and O–H groups in total. The van der Waals surface area contributed by atoms with Gasteiger partial charge < -0.3 is 10.5 Å². The van der Waals surface area contributed by atoms with Gasteiger partial charge in [0.15, 0.2) is 5.82 Å². The van der Waals surface area contributed by atoms with E-state index in [4.69, 9.17) is 10.5 Å². The zero-order chi connectivity index (χ0) is 14.7. The van der Waals surface area contributed by atoms with Crippen LogP contribution in [0.5, 0.6) is 5.75 Å². The number of nitrogen functional groups attached to an aromatic ring is 1. The number of nitrogens with zero attached hydrogens (tertiary/aromatic N) is 1. The topological polar surface area (TPSA) is 63.9 Å².